The van der Waals surface area contributed by atoms with Gasteiger partial charge in [-0.2, -0.15) is 0 Å². The number of ketones is 1. The highest BCUT2D eigenvalue weighted by atomic mass is 32.1. The van der Waals surface area contributed by atoms with E-state index >= 15 is 0 Å². The molecule has 2 aromatic heterocycles. The number of hydrogen-bond acceptors (Lipinski definition) is 7. The van der Waals surface area contributed by atoms with Crippen LogP contribution in [0.15, 0.2) is 47.2 Å². The molecular weight excluding hydrogens is 420 g/mol. The maximum Gasteiger partial charge on any atom is 0.280 e. The molecule has 0 saturated carbocycles. The summed E-state index contributed by atoms with van der Waals surface area (Å²) < 4.78 is 3.78. The smallest absolute Gasteiger partial charge is 0.280 e. The van der Waals surface area contributed by atoms with Gasteiger partial charge in [0.15, 0.2) is 17.5 Å². The van der Waals surface area contributed by atoms with Crippen LogP contribution >= 0.6 is 22.9 Å². The molecule has 3 aromatic rings. The van der Waals surface area contributed by atoms with Gasteiger partial charge in [0.05, 0.1) is 0 Å². The second kappa shape index (κ2) is 8.85. The van der Waals surface area contributed by atoms with Crippen molar-refractivity contribution in [3.8, 4) is 0 Å². The summed E-state index contributed by atoms with van der Waals surface area (Å²) in [5.41, 5.74) is 0.677. The number of carbonyl (C=O) groups excluding carboxylic acids is 3. The predicted octanol–water partition coefficient (Wildman–Crippen LogP) is 4.11. The molecule has 2 heterocycles. The van der Waals surface area contributed by atoms with E-state index < -0.39 is 17.5 Å². The van der Waals surface area contributed by atoms with Gasteiger partial charge in [-0.05, 0) is 74.9 Å². The molecular formula is C21H22N4O3S2. The molecule has 30 heavy (non-hydrogen) atoms. The van der Waals surface area contributed by atoms with Crippen molar-refractivity contribution in [1.82, 2.24) is 14.9 Å². The summed E-state index contributed by atoms with van der Waals surface area (Å²) >= 11 is 2.45. The van der Waals surface area contributed by atoms with E-state index in [1.807, 2.05) is 38.3 Å². The van der Waals surface area contributed by atoms with Crippen molar-refractivity contribution < 1.29 is 14.4 Å². The molecule has 1 atom stereocenters. The van der Waals surface area contributed by atoms with Gasteiger partial charge in [0.1, 0.15) is 0 Å². The highest BCUT2D eigenvalue weighted by molar-refractivity contribution is 7.10. The van der Waals surface area contributed by atoms with Crippen molar-refractivity contribution in [2.45, 2.75) is 39.3 Å². The second-order valence-electron chi connectivity index (χ2n) is 7.73. The third kappa shape index (κ3) is 4.98. The minimum Gasteiger partial charge on any atom is -0.349 e. The van der Waals surface area contributed by atoms with Gasteiger partial charge in [-0.25, -0.2) is 0 Å². The summed E-state index contributed by atoms with van der Waals surface area (Å²) in [4.78, 5) is 40.6. The molecule has 0 aliphatic carbocycles. The van der Waals surface area contributed by atoms with E-state index in [2.05, 4.69) is 14.9 Å². The van der Waals surface area contributed by atoms with Gasteiger partial charge < -0.3 is 5.32 Å². The number of hydrogen-bond donors (Lipinski definition) is 1. The van der Waals surface area contributed by atoms with Gasteiger partial charge in [-0.15, -0.1) is 16.4 Å². The van der Waals surface area contributed by atoms with Crippen molar-refractivity contribution >= 4 is 46.2 Å². The Balaban J connectivity index is 2.12. The summed E-state index contributed by atoms with van der Waals surface area (Å²) in [6, 6.07) is 9.37. The Labute approximate surface area is 182 Å². The van der Waals surface area contributed by atoms with E-state index in [1.165, 1.54) is 23.2 Å². The number of rotatable bonds is 6. The molecule has 0 aliphatic heterocycles. The quantitative estimate of drug-likeness (QED) is 0.580. The van der Waals surface area contributed by atoms with E-state index in [-0.39, 0.29) is 17.4 Å². The molecule has 9 heteroatoms. The molecule has 1 aromatic carbocycles. The minimum atomic E-state index is -0.901. The first-order chi connectivity index (χ1) is 14.2. The van der Waals surface area contributed by atoms with Gasteiger partial charge in [-0.1, -0.05) is 10.6 Å². The standard InChI is InChI=1S/C21H22N4O3S2/c1-13(26)14-7-9-15(10-8-14)25(20(28)16-12-30-24-23-16)18(17-6-5-11-29-17)19(27)22-21(2,3)4/h5-12,18H,1-4H3,(H,22,27)/t18-/m0/s1. The van der Waals surface area contributed by atoms with E-state index in [4.69, 9.17) is 0 Å². The van der Waals surface area contributed by atoms with Crippen LogP contribution < -0.4 is 10.2 Å². The normalized spacial score (nSPS) is 12.3. The Hall–Kier alpha value is -2.91. The first kappa shape index (κ1) is 21.8. The van der Waals surface area contributed by atoms with E-state index in [0.29, 0.717) is 16.1 Å². The molecule has 3 rings (SSSR count). The topological polar surface area (TPSA) is 92.3 Å². The maximum atomic E-state index is 13.4. The Bertz CT molecular complexity index is 1020. The summed E-state index contributed by atoms with van der Waals surface area (Å²) in [6.45, 7) is 7.13. The molecule has 0 radical (unpaired) electrons. The van der Waals surface area contributed by atoms with Crippen LogP contribution in [0.25, 0.3) is 0 Å². The van der Waals surface area contributed by atoms with Crippen LogP contribution in [0.1, 0.15) is 59.5 Å². The number of benzene rings is 1. The SMILES string of the molecule is CC(=O)c1ccc(N(C(=O)c2csnn2)[C@H](C(=O)NC(C)(C)C)c2cccs2)cc1. The number of Topliss-reactive ketones (excluding diaryl/α,β-unsaturated/α-hetero) is 1. The number of nitrogens with zero attached hydrogens (tertiary/aromatic N) is 3. The average Bonchev–Trinajstić information content (AvgIpc) is 3.38. The van der Waals surface area contributed by atoms with Gasteiger partial charge in [0.25, 0.3) is 5.91 Å². The average molecular weight is 443 g/mol. The number of amides is 2. The number of aromatic nitrogens is 2. The summed E-state index contributed by atoms with van der Waals surface area (Å²) in [5.74, 6) is -0.831. The van der Waals surface area contributed by atoms with Gasteiger partial charge in [0.2, 0.25) is 5.91 Å². The number of nitrogens with one attached hydrogen (secondary N) is 1. The Morgan fingerprint density at radius 1 is 1.10 bits per heavy atom. The highest BCUT2D eigenvalue weighted by Crippen LogP contribution is 2.32. The van der Waals surface area contributed by atoms with Gasteiger partial charge >= 0.3 is 0 Å². The zero-order valence-corrected chi connectivity index (χ0v) is 18.7. The van der Waals surface area contributed by atoms with E-state index in [9.17, 15) is 14.4 Å². The van der Waals surface area contributed by atoms with Crippen LogP contribution in [-0.4, -0.2) is 32.7 Å². The highest BCUT2D eigenvalue weighted by Gasteiger charge is 2.36. The zero-order valence-electron chi connectivity index (χ0n) is 17.1. The summed E-state index contributed by atoms with van der Waals surface area (Å²) in [6.07, 6.45) is 0. The molecule has 0 fully saturated rings. The lowest BCUT2D eigenvalue weighted by molar-refractivity contribution is -0.123. The molecule has 0 saturated heterocycles. The molecule has 156 valence electrons. The minimum absolute atomic E-state index is 0.0802. The summed E-state index contributed by atoms with van der Waals surface area (Å²) in [7, 11) is 0. The second-order valence-corrected chi connectivity index (χ2v) is 9.31. The van der Waals surface area contributed by atoms with Gasteiger partial charge in [-0.3, -0.25) is 19.3 Å². The van der Waals surface area contributed by atoms with Crippen LogP contribution in [0.3, 0.4) is 0 Å². The zero-order chi connectivity index (χ0) is 21.9. The molecule has 0 spiro atoms. The number of thiophene rings is 1. The molecule has 0 unspecified atom stereocenters. The third-order valence-electron chi connectivity index (χ3n) is 4.17. The fourth-order valence-electron chi connectivity index (χ4n) is 2.88. The van der Waals surface area contributed by atoms with Crippen molar-refractivity contribution in [1.29, 1.82) is 0 Å². The Kier molecular flexibility index (Phi) is 6.42. The van der Waals surface area contributed by atoms with Crippen LogP contribution in [0.5, 0.6) is 0 Å². The molecule has 0 bridgehead atoms. The van der Waals surface area contributed by atoms with Gasteiger partial charge in [0, 0.05) is 27.0 Å². The Morgan fingerprint density at radius 2 is 1.80 bits per heavy atom. The number of anilines is 1. The predicted molar refractivity (Wildman–Crippen MR) is 118 cm³/mol. The fourth-order valence-corrected chi connectivity index (χ4v) is 4.12. The Morgan fingerprint density at radius 3 is 2.30 bits per heavy atom. The van der Waals surface area contributed by atoms with Crippen LogP contribution in [-0.2, 0) is 4.79 Å². The first-order valence-electron chi connectivity index (χ1n) is 9.24. The fraction of sp³-hybridized carbons (Fsp3) is 0.286. The van der Waals surface area contributed by atoms with Crippen LogP contribution in [0, 0.1) is 0 Å². The van der Waals surface area contributed by atoms with E-state index in [1.54, 1.807) is 29.6 Å². The largest absolute Gasteiger partial charge is 0.349 e. The summed E-state index contributed by atoms with van der Waals surface area (Å²) in [5, 5.41) is 10.3. The first-order valence-corrected chi connectivity index (χ1v) is 11.0. The molecule has 0 aliphatic rings. The monoisotopic (exact) mass is 442 g/mol. The molecule has 1 N–H and O–H groups in total. The lowest BCUT2D eigenvalue weighted by Crippen LogP contribution is -2.49. The number of carbonyl (C=O) groups is 3. The van der Waals surface area contributed by atoms with Crippen molar-refractivity contribution in [2.24, 2.45) is 0 Å². The molecule has 7 nitrogen and oxygen atoms in total. The van der Waals surface area contributed by atoms with Crippen molar-refractivity contribution in [3.05, 3.63) is 63.3 Å². The third-order valence-corrected chi connectivity index (χ3v) is 5.60. The lowest BCUT2D eigenvalue weighted by atomic mass is 10.0. The van der Waals surface area contributed by atoms with Crippen LogP contribution in [0.4, 0.5) is 5.69 Å². The van der Waals surface area contributed by atoms with E-state index in [0.717, 1.165) is 11.5 Å². The van der Waals surface area contributed by atoms with Crippen LogP contribution in [0.2, 0.25) is 0 Å². The van der Waals surface area contributed by atoms with Crippen molar-refractivity contribution in [2.75, 3.05) is 4.90 Å². The lowest BCUT2D eigenvalue weighted by Gasteiger charge is -2.32. The van der Waals surface area contributed by atoms with Crippen molar-refractivity contribution in [3.63, 3.8) is 0 Å². The molecule has 2 amide bonds. The maximum absolute atomic E-state index is 13.4.